The fraction of sp³-hybridized carbons (Fsp3) is 0.143. The van der Waals surface area contributed by atoms with Gasteiger partial charge in [0.25, 0.3) is 0 Å². The van der Waals surface area contributed by atoms with E-state index >= 15 is 0 Å². The van der Waals surface area contributed by atoms with Crippen molar-refractivity contribution in [2.45, 2.75) is 6.42 Å². The minimum absolute atomic E-state index is 0.539. The third-order valence-corrected chi connectivity index (χ3v) is 9.73. The summed E-state index contributed by atoms with van der Waals surface area (Å²) in [6, 6.07) is 32.4. The van der Waals surface area contributed by atoms with Crippen LogP contribution in [-0.2, 0) is 0 Å². The van der Waals surface area contributed by atoms with Crippen LogP contribution in [0.5, 0.6) is 0 Å². The van der Waals surface area contributed by atoms with Gasteiger partial charge in [0.2, 0.25) is 0 Å². The molecule has 0 unspecified atom stereocenters. The number of azide groups is 1. The van der Waals surface area contributed by atoms with E-state index in [0.29, 0.717) is 6.54 Å². The van der Waals surface area contributed by atoms with Gasteiger partial charge in [0.1, 0.15) is 0 Å². The molecule has 3 aromatic carbocycles. The maximum absolute atomic E-state index is 8.62. The first kappa shape index (κ1) is 17.2. The molecule has 0 bridgehead atoms. The molecule has 0 aliphatic rings. The second-order valence-electron chi connectivity index (χ2n) is 6.06. The van der Waals surface area contributed by atoms with Crippen LogP contribution in [0.2, 0.25) is 0 Å². The van der Waals surface area contributed by atoms with Gasteiger partial charge in [-0.1, -0.05) is 0 Å². The molecule has 0 spiro atoms. The van der Waals surface area contributed by atoms with Crippen molar-refractivity contribution in [1.82, 2.24) is 0 Å². The average Bonchev–Trinajstić information content (AvgIpc) is 2.70. The molecule has 0 N–H and O–H groups in total. The molecule has 3 aromatic rings. The van der Waals surface area contributed by atoms with Crippen LogP contribution >= 0.6 is 7.26 Å². The molecule has 0 fully saturated rings. The quantitative estimate of drug-likeness (QED) is 0.200. The number of nitrogens with zero attached hydrogens (tertiary/aromatic N) is 3. The molecule has 0 radical (unpaired) electrons. The van der Waals surface area contributed by atoms with Crippen molar-refractivity contribution in [3.05, 3.63) is 101 Å². The summed E-state index contributed by atoms with van der Waals surface area (Å²) in [6.07, 6.45) is 1.90. The van der Waals surface area contributed by atoms with E-state index in [4.69, 9.17) is 5.53 Å². The number of hydrogen-bond acceptors (Lipinski definition) is 1. The number of rotatable bonds is 7. The second kappa shape index (κ2) is 8.48. The summed E-state index contributed by atoms with van der Waals surface area (Å²) >= 11 is 0. The predicted octanol–water partition coefficient (Wildman–Crippen LogP) is 4.41. The van der Waals surface area contributed by atoms with Crippen molar-refractivity contribution >= 4 is 23.2 Å². The van der Waals surface area contributed by atoms with Gasteiger partial charge < -0.3 is 0 Å². The van der Waals surface area contributed by atoms with Crippen molar-refractivity contribution in [3.8, 4) is 0 Å². The first-order valence-corrected chi connectivity index (χ1v) is 10.8. The average molecular weight is 347 g/mol. The molecule has 126 valence electrons. The van der Waals surface area contributed by atoms with E-state index in [1.165, 1.54) is 15.9 Å². The molecule has 0 heterocycles. The maximum atomic E-state index is 8.62. The molecular weight excluding hydrogens is 325 g/mol. The van der Waals surface area contributed by atoms with Crippen LogP contribution in [0.15, 0.2) is 96.1 Å². The van der Waals surface area contributed by atoms with E-state index in [1.54, 1.807) is 0 Å². The van der Waals surface area contributed by atoms with E-state index in [1.807, 2.05) is 0 Å². The van der Waals surface area contributed by atoms with Crippen LogP contribution in [0, 0.1) is 0 Å². The Bertz CT molecular complexity index is 732. The van der Waals surface area contributed by atoms with Crippen molar-refractivity contribution in [1.29, 1.82) is 0 Å². The van der Waals surface area contributed by atoms with Crippen LogP contribution in [0.4, 0.5) is 0 Å². The summed E-state index contributed by atoms with van der Waals surface area (Å²) in [5.74, 6) is 0. The first-order valence-electron chi connectivity index (χ1n) is 8.55. The van der Waals surface area contributed by atoms with Crippen molar-refractivity contribution in [2.75, 3.05) is 12.7 Å². The Morgan fingerprint density at radius 2 is 1.08 bits per heavy atom. The zero-order valence-corrected chi connectivity index (χ0v) is 15.1. The molecule has 25 heavy (non-hydrogen) atoms. The monoisotopic (exact) mass is 347 g/mol. The van der Waals surface area contributed by atoms with Gasteiger partial charge in [0.15, 0.2) is 0 Å². The van der Waals surface area contributed by atoms with Crippen LogP contribution in [0.1, 0.15) is 6.42 Å². The summed E-state index contributed by atoms with van der Waals surface area (Å²) in [6.45, 7) is 0.539. The molecular formula is C21H22N3P. The van der Waals surface area contributed by atoms with Crippen molar-refractivity contribution in [3.63, 3.8) is 0 Å². The second-order valence-corrected chi connectivity index (χ2v) is 10.1. The first-order chi connectivity index (χ1) is 12.4. The fourth-order valence-electron chi connectivity index (χ4n) is 3.56. The zero-order valence-electron chi connectivity index (χ0n) is 14.1. The fourth-order valence-corrected chi connectivity index (χ4v) is 8.40. The Morgan fingerprint density at radius 3 is 1.44 bits per heavy atom. The summed E-state index contributed by atoms with van der Waals surface area (Å²) in [7, 11) is -2.16. The summed E-state index contributed by atoms with van der Waals surface area (Å²) in [5, 5.41) is 7.95. The molecule has 0 aliphatic heterocycles. The van der Waals surface area contributed by atoms with Gasteiger partial charge in [0, 0.05) is 0 Å². The molecule has 0 saturated heterocycles. The van der Waals surface area contributed by atoms with Crippen LogP contribution in [0.3, 0.4) is 0 Å². The molecule has 3 rings (SSSR count). The van der Waals surface area contributed by atoms with E-state index in [0.717, 1.165) is 12.6 Å². The Hall–Kier alpha value is -2.60. The number of benzene rings is 3. The number of hydrogen-bond donors (Lipinski definition) is 0. The third-order valence-electron chi connectivity index (χ3n) is 4.67. The summed E-state index contributed by atoms with van der Waals surface area (Å²) in [4.78, 5) is 2.91. The van der Waals surface area contributed by atoms with Crippen molar-refractivity contribution in [2.24, 2.45) is 5.11 Å². The summed E-state index contributed by atoms with van der Waals surface area (Å²) < 4.78 is 0. The van der Waals surface area contributed by atoms with Crippen LogP contribution < -0.4 is 15.9 Å². The summed E-state index contributed by atoms with van der Waals surface area (Å²) in [5.41, 5.74) is 8.62. The molecule has 0 atom stereocenters. The molecule has 0 amide bonds. The van der Waals surface area contributed by atoms with Gasteiger partial charge in [0.05, 0.1) is 0 Å². The standard InChI is InChI=1S/C21H22N3P/c22-24-23-17-10-18-25(19-11-4-1-5-12-19,20-13-6-2-7-14-20)21-15-8-3-9-16-21/h1-9,11-16,25H,10,17-18H2. The van der Waals surface area contributed by atoms with E-state index in [9.17, 15) is 0 Å². The minimum atomic E-state index is -2.16. The predicted molar refractivity (Wildman–Crippen MR) is 110 cm³/mol. The van der Waals surface area contributed by atoms with Gasteiger partial charge in [-0.2, -0.15) is 0 Å². The Morgan fingerprint density at radius 1 is 0.680 bits per heavy atom. The third kappa shape index (κ3) is 3.74. The Balaban J connectivity index is 2.18. The van der Waals surface area contributed by atoms with Gasteiger partial charge in [-0.15, -0.1) is 0 Å². The Kier molecular flexibility index (Phi) is 5.85. The van der Waals surface area contributed by atoms with Crippen LogP contribution in [-0.4, -0.2) is 12.7 Å². The van der Waals surface area contributed by atoms with Crippen molar-refractivity contribution < 1.29 is 0 Å². The molecule has 0 saturated carbocycles. The molecule has 4 heteroatoms. The van der Waals surface area contributed by atoms with Gasteiger partial charge in [-0.05, 0) is 0 Å². The molecule has 0 aromatic heterocycles. The van der Waals surface area contributed by atoms with E-state index in [2.05, 4.69) is 101 Å². The molecule has 3 nitrogen and oxygen atoms in total. The Labute approximate surface area is 149 Å². The van der Waals surface area contributed by atoms with Gasteiger partial charge >= 0.3 is 149 Å². The van der Waals surface area contributed by atoms with Gasteiger partial charge in [-0.25, -0.2) is 0 Å². The van der Waals surface area contributed by atoms with Gasteiger partial charge in [-0.3, -0.25) is 0 Å². The normalized spacial score (nSPS) is 11.5. The van der Waals surface area contributed by atoms with Crippen LogP contribution in [0.25, 0.3) is 10.4 Å². The SMILES string of the molecule is [N-]=[N+]=NCCC[PH](c1ccccc1)(c1ccccc1)c1ccccc1. The zero-order chi connectivity index (χ0) is 17.4. The van der Waals surface area contributed by atoms with E-state index in [-0.39, 0.29) is 0 Å². The topological polar surface area (TPSA) is 48.8 Å². The molecule has 0 aliphatic carbocycles. The van der Waals surface area contributed by atoms with E-state index < -0.39 is 7.26 Å².